The third-order valence-electron chi connectivity index (χ3n) is 5.31. The number of nitrogens with zero attached hydrogens (tertiary/aromatic N) is 6. The molecule has 1 saturated carbocycles. The van der Waals surface area contributed by atoms with Crippen molar-refractivity contribution < 1.29 is 4.79 Å². The first-order valence-corrected chi connectivity index (χ1v) is 8.97. The molecule has 0 radical (unpaired) electrons. The summed E-state index contributed by atoms with van der Waals surface area (Å²) >= 11 is 0. The van der Waals surface area contributed by atoms with Crippen molar-refractivity contribution in [1.82, 2.24) is 24.6 Å². The van der Waals surface area contributed by atoms with Crippen LogP contribution in [-0.4, -0.2) is 37.1 Å². The minimum absolute atomic E-state index is 0.0400. The van der Waals surface area contributed by atoms with Gasteiger partial charge in [-0.2, -0.15) is 5.26 Å². The third kappa shape index (κ3) is 2.90. The van der Waals surface area contributed by atoms with E-state index in [1.165, 1.54) is 0 Å². The Bertz CT molecular complexity index is 833. The Hall–Kier alpha value is -2.95. The molecule has 8 heteroatoms. The summed E-state index contributed by atoms with van der Waals surface area (Å²) in [6.45, 7) is 2.21. The Morgan fingerprint density at radius 3 is 2.88 bits per heavy atom. The van der Waals surface area contributed by atoms with Gasteiger partial charge >= 0.3 is 0 Å². The summed E-state index contributed by atoms with van der Waals surface area (Å²) in [4.78, 5) is 18.8. The summed E-state index contributed by atoms with van der Waals surface area (Å²) in [5.41, 5.74) is 0.0991. The number of nitriles is 1. The van der Waals surface area contributed by atoms with Crippen LogP contribution in [0.3, 0.4) is 0 Å². The minimum Gasteiger partial charge on any atom is -0.376 e. The molecule has 1 fully saturated rings. The van der Waals surface area contributed by atoms with Crippen molar-refractivity contribution in [2.24, 2.45) is 5.41 Å². The van der Waals surface area contributed by atoms with Gasteiger partial charge < -0.3 is 14.8 Å². The molecule has 134 valence electrons. The first kappa shape index (κ1) is 16.5. The summed E-state index contributed by atoms with van der Waals surface area (Å²) in [6, 6.07) is 6.11. The quantitative estimate of drug-likeness (QED) is 0.900. The van der Waals surface area contributed by atoms with E-state index in [9.17, 15) is 10.1 Å². The fourth-order valence-electron chi connectivity index (χ4n) is 3.83. The molecule has 0 saturated heterocycles. The Morgan fingerprint density at radius 2 is 2.15 bits per heavy atom. The van der Waals surface area contributed by atoms with Gasteiger partial charge in [0.25, 0.3) is 0 Å². The van der Waals surface area contributed by atoms with Gasteiger partial charge in [0.2, 0.25) is 5.91 Å². The number of pyridine rings is 1. The van der Waals surface area contributed by atoms with Crippen LogP contribution in [0.4, 0.5) is 5.69 Å². The highest BCUT2D eigenvalue weighted by molar-refractivity contribution is 5.85. The molecular weight excluding hydrogens is 330 g/mol. The van der Waals surface area contributed by atoms with Gasteiger partial charge in [0.05, 0.1) is 24.8 Å². The molecule has 26 heavy (non-hydrogen) atoms. The van der Waals surface area contributed by atoms with Crippen LogP contribution in [-0.2, 0) is 24.4 Å². The number of nitrogens with one attached hydrogen (secondary N) is 1. The number of carbonyl (C=O) groups is 1. The molecule has 0 unspecified atom stereocenters. The van der Waals surface area contributed by atoms with E-state index in [1.54, 1.807) is 17.3 Å². The highest BCUT2D eigenvalue weighted by Crippen LogP contribution is 2.39. The number of aromatic nitrogens is 4. The molecule has 0 spiro atoms. The van der Waals surface area contributed by atoms with Gasteiger partial charge in [-0.1, -0.05) is 12.8 Å². The van der Waals surface area contributed by atoms with Crippen molar-refractivity contribution in [3.05, 3.63) is 36.2 Å². The van der Waals surface area contributed by atoms with Gasteiger partial charge in [-0.3, -0.25) is 9.78 Å². The number of hydrogen-bond donors (Lipinski definition) is 1. The normalized spacial score (nSPS) is 18.2. The maximum atomic E-state index is 12.9. The molecule has 1 aliphatic heterocycles. The van der Waals surface area contributed by atoms with Crippen LogP contribution in [0.2, 0.25) is 0 Å². The van der Waals surface area contributed by atoms with Crippen molar-refractivity contribution in [3.63, 3.8) is 0 Å². The summed E-state index contributed by atoms with van der Waals surface area (Å²) in [5.74, 6) is 1.58. The molecule has 0 aromatic carbocycles. The number of fused-ring (bicyclic) bond motifs is 1. The SMILES string of the molecule is N#CC1(C(=O)N2CCn3c(CNc4cccnc4)nnc3C2)CCCC1. The average Bonchev–Trinajstić information content (AvgIpc) is 3.34. The first-order chi connectivity index (χ1) is 12.7. The van der Waals surface area contributed by atoms with Crippen LogP contribution in [0.5, 0.6) is 0 Å². The van der Waals surface area contributed by atoms with E-state index in [-0.39, 0.29) is 5.91 Å². The zero-order valence-electron chi connectivity index (χ0n) is 14.6. The smallest absolute Gasteiger partial charge is 0.243 e. The molecule has 4 rings (SSSR count). The molecular formula is C18H21N7O. The lowest BCUT2D eigenvalue weighted by Gasteiger charge is -2.32. The van der Waals surface area contributed by atoms with Crippen molar-refractivity contribution in [3.8, 4) is 6.07 Å². The van der Waals surface area contributed by atoms with Gasteiger partial charge in [-0.15, -0.1) is 10.2 Å². The molecule has 1 N–H and O–H groups in total. The van der Waals surface area contributed by atoms with Gasteiger partial charge in [-0.05, 0) is 25.0 Å². The van der Waals surface area contributed by atoms with Crippen LogP contribution >= 0.6 is 0 Å². The lowest BCUT2D eigenvalue weighted by atomic mass is 9.86. The number of carbonyl (C=O) groups excluding carboxylic acids is 1. The van der Waals surface area contributed by atoms with Gasteiger partial charge in [0, 0.05) is 25.5 Å². The van der Waals surface area contributed by atoms with E-state index in [2.05, 4.69) is 31.1 Å². The van der Waals surface area contributed by atoms with E-state index in [4.69, 9.17) is 0 Å². The van der Waals surface area contributed by atoms with Crippen molar-refractivity contribution in [1.29, 1.82) is 5.26 Å². The number of rotatable bonds is 4. The summed E-state index contributed by atoms with van der Waals surface area (Å²) < 4.78 is 2.06. The summed E-state index contributed by atoms with van der Waals surface area (Å²) in [6.07, 6.45) is 6.74. The summed E-state index contributed by atoms with van der Waals surface area (Å²) in [7, 11) is 0. The van der Waals surface area contributed by atoms with E-state index >= 15 is 0 Å². The molecule has 2 aliphatic rings. The second-order valence-corrected chi connectivity index (χ2v) is 6.91. The van der Waals surface area contributed by atoms with Crippen LogP contribution in [0, 0.1) is 16.7 Å². The highest BCUT2D eigenvalue weighted by Gasteiger charge is 2.44. The molecule has 0 atom stereocenters. The second kappa shape index (κ2) is 6.75. The zero-order chi connectivity index (χ0) is 18.0. The maximum Gasteiger partial charge on any atom is 0.243 e. The van der Waals surface area contributed by atoms with Crippen molar-refractivity contribution in [2.75, 3.05) is 11.9 Å². The van der Waals surface area contributed by atoms with Gasteiger partial charge in [0.15, 0.2) is 11.6 Å². The lowest BCUT2D eigenvalue weighted by Crippen LogP contribution is -2.46. The van der Waals surface area contributed by atoms with Crippen LogP contribution in [0.1, 0.15) is 37.3 Å². The largest absolute Gasteiger partial charge is 0.376 e. The number of anilines is 1. The van der Waals surface area contributed by atoms with Crippen LogP contribution < -0.4 is 5.32 Å². The molecule has 0 bridgehead atoms. The molecule has 3 heterocycles. The van der Waals surface area contributed by atoms with Crippen molar-refractivity contribution in [2.45, 2.75) is 45.3 Å². The fraction of sp³-hybridized carbons (Fsp3) is 0.500. The number of amides is 1. The zero-order valence-corrected chi connectivity index (χ0v) is 14.6. The summed E-state index contributed by atoms with van der Waals surface area (Å²) in [5, 5.41) is 21.4. The van der Waals surface area contributed by atoms with E-state index < -0.39 is 5.41 Å². The molecule has 8 nitrogen and oxygen atoms in total. The number of hydrogen-bond acceptors (Lipinski definition) is 6. The molecule has 1 aliphatic carbocycles. The van der Waals surface area contributed by atoms with E-state index in [1.807, 2.05) is 12.1 Å². The minimum atomic E-state index is -0.827. The van der Waals surface area contributed by atoms with Crippen LogP contribution in [0.25, 0.3) is 0 Å². The first-order valence-electron chi connectivity index (χ1n) is 8.97. The molecule has 2 aromatic rings. The van der Waals surface area contributed by atoms with Gasteiger partial charge in [0.1, 0.15) is 5.41 Å². The topological polar surface area (TPSA) is 99.7 Å². The standard InChI is InChI=1S/C18H21N7O/c19-13-18(5-1-2-6-18)17(26)24-8-9-25-15(22-23-16(25)12-24)11-21-14-4-3-7-20-10-14/h3-4,7,10,21H,1-2,5-6,8-9,11-12H2. The highest BCUT2D eigenvalue weighted by atomic mass is 16.2. The van der Waals surface area contributed by atoms with Crippen LogP contribution in [0.15, 0.2) is 24.5 Å². The van der Waals surface area contributed by atoms with E-state index in [0.717, 1.165) is 30.2 Å². The second-order valence-electron chi connectivity index (χ2n) is 6.91. The Kier molecular flexibility index (Phi) is 4.29. The lowest BCUT2D eigenvalue weighted by molar-refractivity contribution is -0.140. The maximum absolute atomic E-state index is 12.9. The monoisotopic (exact) mass is 351 g/mol. The van der Waals surface area contributed by atoms with Crippen molar-refractivity contribution >= 4 is 11.6 Å². The molecule has 1 amide bonds. The fourth-order valence-corrected chi connectivity index (χ4v) is 3.83. The predicted molar refractivity (Wildman–Crippen MR) is 93.5 cm³/mol. The Morgan fingerprint density at radius 1 is 1.31 bits per heavy atom. The Balaban J connectivity index is 1.45. The predicted octanol–water partition coefficient (Wildman–Crippen LogP) is 1.71. The third-order valence-corrected chi connectivity index (χ3v) is 5.31. The molecule has 2 aromatic heterocycles. The Labute approximate surface area is 151 Å². The average molecular weight is 351 g/mol. The van der Waals surface area contributed by atoms with E-state index in [0.29, 0.717) is 39.0 Å². The van der Waals surface area contributed by atoms with Gasteiger partial charge in [-0.25, -0.2) is 0 Å².